The second-order valence-electron chi connectivity index (χ2n) is 6.11. The van der Waals surface area contributed by atoms with Crippen molar-refractivity contribution in [2.75, 3.05) is 24.5 Å². The number of halogens is 1. The van der Waals surface area contributed by atoms with Gasteiger partial charge in [-0.1, -0.05) is 0 Å². The fourth-order valence-corrected chi connectivity index (χ4v) is 3.94. The minimum Gasteiger partial charge on any atom is -0.339 e. The van der Waals surface area contributed by atoms with Crippen LogP contribution >= 0.6 is 15.9 Å². The summed E-state index contributed by atoms with van der Waals surface area (Å²) in [6.45, 7) is 3.33. The summed E-state index contributed by atoms with van der Waals surface area (Å²) in [6.07, 6.45) is 7.17. The Kier molecular flexibility index (Phi) is 3.59. The highest BCUT2D eigenvalue weighted by atomic mass is 79.9. The van der Waals surface area contributed by atoms with Crippen molar-refractivity contribution in [1.29, 1.82) is 0 Å². The lowest BCUT2D eigenvalue weighted by molar-refractivity contribution is 0.327. The van der Waals surface area contributed by atoms with Crippen molar-refractivity contribution in [2.45, 2.75) is 31.7 Å². The van der Waals surface area contributed by atoms with Gasteiger partial charge in [0.15, 0.2) is 5.65 Å². The zero-order chi connectivity index (χ0) is 14.2. The maximum Gasteiger partial charge on any atom is 0.245 e. The van der Waals surface area contributed by atoms with E-state index >= 15 is 0 Å². The van der Waals surface area contributed by atoms with Crippen molar-refractivity contribution in [2.24, 2.45) is 5.92 Å². The molecule has 2 saturated heterocycles. The second-order valence-corrected chi connectivity index (χ2v) is 7.03. The van der Waals surface area contributed by atoms with Crippen LogP contribution in [0.15, 0.2) is 22.8 Å². The van der Waals surface area contributed by atoms with Gasteiger partial charge in [-0.3, -0.25) is 0 Å². The third-order valence-corrected chi connectivity index (χ3v) is 5.16. The average Bonchev–Trinajstić information content (AvgIpc) is 3.16. The second kappa shape index (κ2) is 5.57. The molecule has 0 radical (unpaired) electrons. The smallest absolute Gasteiger partial charge is 0.245 e. The van der Waals surface area contributed by atoms with E-state index in [0.717, 1.165) is 35.1 Å². The van der Waals surface area contributed by atoms with E-state index in [9.17, 15) is 0 Å². The van der Waals surface area contributed by atoms with E-state index in [4.69, 9.17) is 0 Å². The number of anilines is 1. The molecule has 21 heavy (non-hydrogen) atoms. The number of fused-ring (bicyclic) bond motifs is 1. The van der Waals surface area contributed by atoms with Gasteiger partial charge in [-0.25, -0.2) is 4.52 Å². The molecule has 2 atom stereocenters. The van der Waals surface area contributed by atoms with Crippen LogP contribution in [0.4, 0.5) is 5.95 Å². The number of aromatic nitrogens is 3. The van der Waals surface area contributed by atoms with Crippen LogP contribution in [0.2, 0.25) is 0 Å². The van der Waals surface area contributed by atoms with Gasteiger partial charge in [0.1, 0.15) is 0 Å². The Bertz CT molecular complexity index is 634. The molecule has 0 aliphatic carbocycles. The van der Waals surface area contributed by atoms with Crippen molar-refractivity contribution in [3.8, 4) is 0 Å². The summed E-state index contributed by atoms with van der Waals surface area (Å²) in [5.41, 5.74) is 0.911. The third kappa shape index (κ3) is 2.66. The van der Waals surface area contributed by atoms with E-state index in [1.165, 1.54) is 32.2 Å². The summed E-state index contributed by atoms with van der Waals surface area (Å²) >= 11 is 3.48. The first-order chi connectivity index (χ1) is 10.3. The predicted molar refractivity (Wildman–Crippen MR) is 86.6 cm³/mol. The van der Waals surface area contributed by atoms with Crippen molar-refractivity contribution >= 4 is 27.5 Å². The van der Waals surface area contributed by atoms with E-state index in [1.54, 1.807) is 0 Å². The highest BCUT2D eigenvalue weighted by molar-refractivity contribution is 9.10. The van der Waals surface area contributed by atoms with Crippen LogP contribution < -0.4 is 10.2 Å². The molecule has 2 aromatic heterocycles. The summed E-state index contributed by atoms with van der Waals surface area (Å²) in [7, 11) is 0. The molecule has 1 N–H and O–H groups in total. The van der Waals surface area contributed by atoms with Gasteiger partial charge in [0, 0.05) is 29.8 Å². The molecular weight excluding hydrogens is 330 g/mol. The lowest BCUT2D eigenvalue weighted by Gasteiger charge is -2.35. The lowest BCUT2D eigenvalue weighted by atomic mass is 9.90. The quantitative estimate of drug-likeness (QED) is 0.904. The maximum atomic E-state index is 4.68. The number of rotatable bonds is 2. The maximum absolute atomic E-state index is 4.68. The number of piperidine rings is 1. The van der Waals surface area contributed by atoms with Gasteiger partial charge in [-0.2, -0.15) is 4.98 Å². The highest BCUT2D eigenvalue weighted by Crippen LogP contribution is 2.27. The zero-order valence-electron chi connectivity index (χ0n) is 12.0. The van der Waals surface area contributed by atoms with Gasteiger partial charge in [0.05, 0.1) is 0 Å². The minimum absolute atomic E-state index is 0.693. The van der Waals surface area contributed by atoms with Crippen molar-refractivity contribution in [3.63, 3.8) is 0 Å². The van der Waals surface area contributed by atoms with Gasteiger partial charge in [0.25, 0.3) is 0 Å². The van der Waals surface area contributed by atoms with E-state index in [-0.39, 0.29) is 0 Å². The number of hydrogen-bond acceptors (Lipinski definition) is 4. The van der Waals surface area contributed by atoms with Gasteiger partial charge in [-0.05, 0) is 66.2 Å². The first-order valence-corrected chi connectivity index (χ1v) is 8.59. The van der Waals surface area contributed by atoms with Crippen LogP contribution in [-0.4, -0.2) is 40.3 Å². The Morgan fingerprint density at radius 2 is 2.19 bits per heavy atom. The summed E-state index contributed by atoms with van der Waals surface area (Å²) < 4.78 is 2.88. The van der Waals surface area contributed by atoms with E-state index in [2.05, 4.69) is 36.2 Å². The van der Waals surface area contributed by atoms with Crippen molar-refractivity contribution < 1.29 is 0 Å². The molecule has 2 fully saturated rings. The fourth-order valence-electron chi connectivity index (χ4n) is 3.61. The van der Waals surface area contributed by atoms with Gasteiger partial charge in [-0.15, -0.1) is 5.10 Å². The molecule has 2 aliphatic rings. The monoisotopic (exact) mass is 349 g/mol. The number of nitrogens with zero attached hydrogens (tertiary/aromatic N) is 4. The first-order valence-electron chi connectivity index (χ1n) is 7.80. The van der Waals surface area contributed by atoms with Crippen LogP contribution in [-0.2, 0) is 0 Å². The van der Waals surface area contributed by atoms with Crippen LogP contribution in [0.1, 0.15) is 25.7 Å². The summed E-state index contributed by atoms with van der Waals surface area (Å²) in [4.78, 5) is 7.03. The molecule has 0 aromatic carbocycles. The number of pyridine rings is 1. The Hall–Kier alpha value is -1.14. The molecule has 2 aromatic rings. The zero-order valence-corrected chi connectivity index (χ0v) is 13.6. The Morgan fingerprint density at radius 1 is 1.24 bits per heavy atom. The van der Waals surface area contributed by atoms with Gasteiger partial charge in [0.2, 0.25) is 5.95 Å². The van der Waals surface area contributed by atoms with Gasteiger partial charge < -0.3 is 10.2 Å². The molecular formula is C15H20BrN5. The van der Waals surface area contributed by atoms with Crippen molar-refractivity contribution in [3.05, 3.63) is 22.8 Å². The molecule has 0 spiro atoms. The molecule has 0 amide bonds. The minimum atomic E-state index is 0.693. The third-order valence-electron chi connectivity index (χ3n) is 4.69. The molecule has 2 unspecified atom stereocenters. The van der Waals surface area contributed by atoms with Crippen LogP contribution in [0.3, 0.4) is 0 Å². The first kappa shape index (κ1) is 13.5. The number of hydrogen-bond donors (Lipinski definition) is 1. The predicted octanol–water partition coefficient (Wildman–Crippen LogP) is 2.46. The molecule has 112 valence electrons. The van der Waals surface area contributed by atoms with Gasteiger partial charge >= 0.3 is 0 Å². The van der Waals surface area contributed by atoms with Crippen LogP contribution in [0, 0.1) is 5.92 Å². The molecule has 0 bridgehead atoms. The average molecular weight is 350 g/mol. The molecule has 0 saturated carbocycles. The molecule has 6 heteroatoms. The molecule has 4 rings (SSSR count). The Morgan fingerprint density at radius 3 is 3.05 bits per heavy atom. The van der Waals surface area contributed by atoms with E-state index < -0.39 is 0 Å². The highest BCUT2D eigenvalue weighted by Gasteiger charge is 2.30. The Balaban J connectivity index is 1.56. The largest absolute Gasteiger partial charge is 0.339 e. The molecule has 4 heterocycles. The SMILES string of the molecule is Brc1ccc2nc(N3CCCC(C4CCCN4)C3)nn2c1. The lowest BCUT2D eigenvalue weighted by Crippen LogP contribution is -2.44. The van der Waals surface area contributed by atoms with E-state index in [0.29, 0.717) is 6.04 Å². The topological polar surface area (TPSA) is 45.5 Å². The van der Waals surface area contributed by atoms with Crippen molar-refractivity contribution in [1.82, 2.24) is 19.9 Å². The normalized spacial score (nSPS) is 26.6. The number of nitrogens with one attached hydrogen (secondary N) is 1. The summed E-state index contributed by atoms with van der Waals surface area (Å²) in [5, 5.41) is 8.29. The summed E-state index contributed by atoms with van der Waals surface area (Å²) in [6, 6.07) is 4.70. The molecule has 2 aliphatic heterocycles. The van der Waals surface area contributed by atoms with Crippen LogP contribution in [0.25, 0.3) is 5.65 Å². The van der Waals surface area contributed by atoms with E-state index in [1.807, 2.05) is 22.8 Å². The fraction of sp³-hybridized carbons (Fsp3) is 0.600. The Labute approximate surface area is 132 Å². The molecule has 5 nitrogen and oxygen atoms in total. The standard InChI is InChI=1S/C15H20BrN5/c16-12-5-6-14-18-15(19-21(14)10-12)20-8-2-3-11(9-20)13-4-1-7-17-13/h5-6,10-11,13,17H,1-4,7-9H2. The van der Waals surface area contributed by atoms with Crippen LogP contribution in [0.5, 0.6) is 0 Å². The summed E-state index contributed by atoms with van der Waals surface area (Å²) in [5.74, 6) is 1.61.